The Morgan fingerprint density at radius 2 is 2.20 bits per heavy atom. The lowest BCUT2D eigenvalue weighted by atomic mass is 10.2. The van der Waals surface area contributed by atoms with E-state index >= 15 is 0 Å². The Balaban J connectivity index is 1.40. The van der Waals surface area contributed by atoms with Gasteiger partial charge < -0.3 is 10.2 Å². The molecule has 0 saturated heterocycles. The van der Waals surface area contributed by atoms with E-state index in [0.717, 1.165) is 30.8 Å². The number of amides is 1. The lowest BCUT2D eigenvalue weighted by molar-refractivity contribution is 0.0949. The second kappa shape index (κ2) is 6.69. The molecule has 0 radical (unpaired) electrons. The van der Waals surface area contributed by atoms with E-state index in [-0.39, 0.29) is 12.5 Å². The number of aromatic nitrogens is 5. The fourth-order valence-corrected chi connectivity index (χ4v) is 3.77. The first-order valence-electron chi connectivity index (χ1n) is 7.96. The van der Waals surface area contributed by atoms with Crippen LogP contribution >= 0.6 is 11.3 Å². The predicted octanol–water partition coefficient (Wildman–Crippen LogP) is 1.24. The zero-order valence-corrected chi connectivity index (χ0v) is 14.5. The molecule has 0 bridgehead atoms. The molecule has 25 heavy (non-hydrogen) atoms. The van der Waals surface area contributed by atoms with Gasteiger partial charge in [0.1, 0.15) is 5.82 Å². The number of hydrogen-bond donors (Lipinski definition) is 2. The van der Waals surface area contributed by atoms with Gasteiger partial charge in [-0.2, -0.15) is 5.10 Å². The number of carbonyl (C=O) groups excluding carboxylic acids is 1. The van der Waals surface area contributed by atoms with Crippen molar-refractivity contribution >= 4 is 17.2 Å². The van der Waals surface area contributed by atoms with Crippen molar-refractivity contribution in [1.29, 1.82) is 0 Å². The third-order valence-electron chi connectivity index (χ3n) is 4.00. The molecule has 3 aromatic heterocycles. The lowest BCUT2D eigenvalue weighted by Gasteiger charge is -2.20. The zero-order valence-electron chi connectivity index (χ0n) is 13.7. The normalized spacial score (nSPS) is 14.3. The maximum absolute atomic E-state index is 12.3. The number of pyridine rings is 1. The Bertz CT molecular complexity index is 889. The predicted molar refractivity (Wildman–Crippen MR) is 92.9 cm³/mol. The summed E-state index contributed by atoms with van der Waals surface area (Å²) in [6, 6.07) is 3.67. The minimum absolute atomic E-state index is 0.177. The van der Waals surface area contributed by atoms with E-state index in [1.165, 1.54) is 16.2 Å². The van der Waals surface area contributed by atoms with Crippen molar-refractivity contribution in [3.8, 4) is 11.4 Å². The first-order chi connectivity index (χ1) is 12.2. The first kappa shape index (κ1) is 15.9. The van der Waals surface area contributed by atoms with Crippen molar-refractivity contribution in [2.45, 2.75) is 19.5 Å². The molecule has 4 heterocycles. The van der Waals surface area contributed by atoms with Gasteiger partial charge >= 0.3 is 0 Å². The summed E-state index contributed by atoms with van der Waals surface area (Å²) in [5.74, 6) is 1.00. The molecule has 4 rings (SSSR count). The third kappa shape index (κ3) is 3.42. The number of aromatic amines is 1. The molecule has 1 aliphatic heterocycles. The van der Waals surface area contributed by atoms with Gasteiger partial charge in [0.15, 0.2) is 10.8 Å². The number of nitrogens with zero attached hydrogens (tertiary/aromatic N) is 5. The molecule has 0 fully saturated rings. The number of carbonyl (C=O) groups is 1. The molecular weight excluding hydrogens is 338 g/mol. The van der Waals surface area contributed by atoms with Gasteiger partial charge in [0, 0.05) is 42.3 Å². The van der Waals surface area contributed by atoms with E-state index in [4.69, 9.17) is 0 Å². The van der Waals surface area contributed by atoms with Crippen LogP contribution in [0.2, 0.25) is 0 Å². The monoisotopic (exact) mass is 355 g/mol. The van der Waals surface area contributed by atoms with Crippen molar-refractivity contribution in [2.75, 3.05) is 13.6 Å². The Kier molecular flexibility index (Phi) is 4.24. The number of hydrogen-bond acceptors (Lipinski definition) is 7. The van der Waals surface area contributed by atoms with Crippen LogP contribution in [0.15, 0.2) is 24.5 Å². The maximum atomic E-state index is 12.3. The van der Waals surface area contributed by atoms with Crippen LogP contribution in [-0.2, 0) is 19.5 Å². The van der Waals surface area contributed by atoms with Gasteiger partial charge in [0.2, 0.25) is 0 Å². The second-order valence-electron chi connectivity index (χ2n) is 5.90. The summed E-state index contributed by atoms with van der Waals surface area (Å²) in [4.78, 5) is 28.6. The van der Waals surface area contributed by atoms with Gasteiger partial charge in [0.25, 0.3) is 5.91 Å². The molecule has 2 N–H and O–H groups in total. The van der Waals surface area contributed by atoms with Crippen molar-refractivity contribution in [2.24, 2.45) is 0 Å². The van der Waals surface area contributed by atoms with Crippen molar-refractivity contribution in [1.82, 2.24) is 35.4 Å². The van der Waals surface area contributed by atoms with Crippen molar-refractivity contribution in [3.63, 3.8) is 0 Å². The highest BCUT2D eigenvalue weighted by Crippen LogP contribution is 2.24. The van der Waals surface area contributed by atoms with Gasteiger partial charge in [-0.3, -0.25) is 14.9 Å². The van der Waals surface area contributed by atoms with E-state index in [9.17, 15) is 4.79 Å². The highest BCUT2D eigenvalue weighted by molar-refractivity contribution is 7.13. The topological polar surface area (TPSA) is 99.7 Å². The van der Waals surface area contributed by atoms with Crippen LogP contribution in [0.1, 0.15) is 26.2 Å². The molecule has 0 saturated carbocycles. The highest BCUT2D eigenvalue weighted by atomic mass is 32.1. The van der Waals surface area contributed by atoms with Gasteiger partial charge in [-0.1, -0.05) is 0 Å². The summed E-state index contributed by atoms with van der Waals surface area (Å²) in [6.07, 6.45) is 4.27. The van der Waals surface area contributed by atoms with E-state index < -0.39 is 0 Å². The molecule has 0 unspecified atom stereocenters. The molecule has 128 valence electrons. The quantitative estimate of drug-likeness (QED) is 0.730. The Hall–Kier alpha value is -2.65. The van der Waals surface area contributed by atoms with E-state index in [1.807, 2.05) is 12.1 Å². The minimum atomic E-state index is -0.177. The summed E-state index contributed by atoms with van der Waals surface area (Å²) in [5.41, 5.74) is 1.92. The van der Waals surface area contributed by atoms with Crippen molar-refractivity contribution < 1.29 is 4.79 Å². The van der Waals surface area contributed by atoms with Crippen LogP contribution in [-0.4, -0.2) is 49.5 Å². The molecular formula is C16H17N7OS. The third-order valence-corrected chi connectivity index (χ3v) is 5.08. The number of likely N-dealkylation sites (N-methyl/N-ethyl adjacent to an activating group) is 1. The SMILES string of the molecule is CN1CCc2nc(C(=O)NCc3nc(-c4ccncc4)n[nH]3)sc2C1. The first-order valence-corrected chi connectivity index (χ1v) is 8.77. The standard InChI is InChI=1S/C16H17N7OS/c1-23-7-4-11-12(9-23)25-16(19-11)15(24)18-8-13-20-14(22-21-13)10-2-5-17-6-3-10/h2-3,5-6H,4,7-9H2,1H3,(H,18,24)(H,20,21,22). The second-order valence-corrected chi connectivity index (χ2v) is 6.98. The molecule has 3 aromatic rings. The molecule has 0 atom stereocenters. The number of fused-ring (bicyclic) bond motifs is 1. The molecule has 1 aliphatic rings. The number of nitrogens with one attached hydrogen (secondary N) is 2. The Labute approximate surface area is 148 Å². The minimum Gasteiger partial charge on any atom is -0.343 e. The smallest absolute Gasteiger partial charge is 0.280 e. The average Bonchev–Trinajstić information content (AvgIpc) is 3.27. The van der Waals surface area contributed by atoms with Crippen LogP contribution in [0.5, 0.6) is 0 Å². The Morgan fingerprint density at radius 3 is 3.04 bits per heavy atom. The number of thiazole rings is 1. The van der Waals surface area contributed by atoms with Gasteiger partial charge in [-0.15, -0.1) is 11.3 Å². The fraction of sp³-hybridized carbons (Fsp3) is 0.312. The molecule has 0 aromatic carbocycles. The fourth-order valence-electron chi connectivity index (χ4n) is 2.66. The van der Waals surface area contributed by atoms with Crippen LogP contribution in [0, 0.1) is 0 Å². The van der Waals surface area contributed by atoms with Crippen molar-refractivity contribution in [3.05, 3.63) is 45.9 Å². The summed E-state index contributed by atoms with van der Waals surface area (Å²) in [7, 11) is 2.08. The molecule has 9 heteroatoms. The van der Waals surface area contributed by atoms with Crippen LogP contribution in [0.3, 0.4) is 0 Å². The van der Waals surface area contributed by atoms with Gasteiger partial charge in [-0.25, -0.2) is 9.97 Å². The molecule has 0 aliphatic carbocycles. The van der Waals surface area contributed by atoms with Gasteiger partial charge in [0.05, 0.1) is 12.2 Å². The molecule has 0 spiro atoms. The van der Waals surface area contributed by atoms with Crippen LogP contribution in [0.25, 0.3) is 11.4 Å². The lowest BCUT2D eigenvalue weighted by Crippen LogP contribution is -2.25. The Morgan fingerprint density at radius 1 is 1.36 bits per heavy atom. The van der Waals surface area contributed by atoms with Crippen LogP contribution < -0.4 is 5.32 Å². The maximum Gasteiger partial charge on any atom is 0.280 e. The average molecular weight is 355 g/mol. The summed E-state index contributed by atoms with van der Waals surface area (Å²) >= 11 is 1.47. The highest BCUT2D eigenvalue weighted by Gasteiger charge is 2.21. The number of H-pyrrole nitrogens is 1. The van der Waals surface area contributed by atoms with Gasteiger partial charge in [-0.05, 0) is 19.2 Å². The van der Waals surface area contributed by atoms with Crippen LogP contribution in [0.4, 0.5) is 0 Å². The molecule has 8 nitrogen and oxygen atoms in total. The van der Waals surface area contributed by atoms with E-state index in [0.29, 0.717) is 16.7 Å². The van der Waals surface area contributed by atoms with E-state index in [1.54, 1.807) is 12.4 Å². The summed E-state index contributed by atoms with van der Waals surface area (Å²) < 4.78 is 0. The molecule has 1 amide bonds. The summed E-state index contributed by atoms with van der Waals surface area (Å²) in [6.45, 7) is 2.12. The zero-order chi connectivity index (χ0) is 17.2. The largest absolute Gasteiger partial charge is 0.343 e. The van der Waals surface area contributed by atoms with E-state index in [2.05, 4.69) is 42.4 Å². The number of rotatable bonds is 4. The summed E-state index contributed by atoms with van der Waals surface area (Å²) in [5, 5.41) is 10.4.